The number of likely N-dealkylation sites (tertiary alicyclic amines) is 1. The molecule has 23 heavy (non-hydrogen) atoms. The third-order valence-electron chi connectivity index (χ3n) is 4.31. The fraction of sp³-hybridized carbons (Fsp3) is 0.316. The Kier molecular flexibility index (Phi) is 4.63. The first-order valence-electron chi connectivity index (χ1n) is 7.82. The largest absolute Gasteiger partial charge is 0.497 e. The molecule has 4 heteroatoms. The lowest BCUT2D eigenvalue weighted by atomic mass is 9.87. The molecule has 3 rings (SSSR count). The van der Waals surface area contributed by atoms with Gasteiger partial charge >= 0.3 is 0 Å². The molecule has 0 aromatic heterocycles. The SMILES string of the molecule is COc1ccc(C(CC(=O)N2CC(O)C2)c2ccccc2)cc1. The average molecular weight is 311 g/mol. The van der Waals surface area contributed by atoms with Crippen LogP contribution in [0, 0.1) is 0 Å². The zero-order valence-electron chi connectivity index (χ0n) is 13.2. The second-order valence-corrected chi connectivity index (χ2v) is 5.89. The highest BCUT2D eigenvalue weighted by atomic mass is 16.5. The van der Waals surface area contributed by atoms with Gasteiger partial charge in [0.05, 0.1) is 13.2 Å². The maximum atomic E-state index is 12.4. The Morgan fingerprint density at radius 2 is 1.74 bits per heavy atom. The van der Waals surface area contributed by atoms with Crippen LogP contribution in [-0.4, -0.2) is 42.2 Å². The zero-order valence-corrected chi connectivity index (χ0v) is 13.2. The topological polar surface area (TPSA) is 49.8 Å². The van der Waals surface area contributed by atoms with E-state index in [1.807, 2.05) is 54.6 Å². The van der Waals surface area contributed by atoms with Gasteiger partial charge in [-0.3, -0.25) is 4.79 Å². The summed E-state index contributed by atoms with van der Waals surface area (Å²) in [6.45, 7) is 0.895. The molecule has 0 saturated carbocycles. The molecule has 1 amide bonds. The van der Waals surface area contributed by atoms with Crippen molar-refractivity contribution in [2.24, 2.45) is 0 Å². The first kappa shape index (κ1) is 15.6. The van der Waals surface area contributed by atoms with Crippen LogP contribution in [0.25, 0.3) is 0 Å². The Bertz CT molecular complexity index is 648. The third-order valence-corrected chi connectivity index (χ3v) is 4.31. The first-order valence-corrected chi connectivity index (χ1v) is 7.82. The smallest absolute Gasteiger partial charge is 0.223 e. The summed E-state index contributed by atoms with van der Waals surface area (Å²) in [7, 11) is 1.64. The Morgan fingerprint density at radius 3 is 2.30 bits per heavy atom. The molecule has 1 unspecified atom stereocenters. The van der Waals surface area contributed by atoms with Crippen LogP contribution in [0.5, 0.6) is 5.75 Å². The van der Waals surface area contributed by atoms with Gasteiger partial charge in [-0.25, -0.2) is 0 Å². The van der Waals surface area contributed by atoms with Crippen LogP contribution >= 0.6 is 0 Å². The number of rotatable bonds is 5. The van der Waals surface area contributed by atoms with Crippen molar-refractivity contribution in [2.45, 2.75) is 18.4 Å². The number of hydrogen-bond donors (Lipinski definition) is 1. The summed E-state index contributed by atoms with van der Waals surface area (Å²) in [6.07, 6.45) is 0.0402. The van der Waals surface area contributed by atoms with Crippen molar-refractivity contribution in [1.82, 2.24) is 4.90 Å². The lowest BCUT2D eigenvalue weighted by Crippen LogP contribution is -2.53. The number of carbonyl (C=O) groups excluding carboxylic acids is 1. The van der Waals surface area contributed by atoms with E-state index in [-0.39, 0.29) is 17.9 Å². The lowest BCUT2D eigenvalue weighted by Gasteiger charge is -2.36. The minimum Gasteiger partial charge on any atom is -0.497 e. The van der Waals surface area contributed by atoms with Gasteiger partial charge in [0, 0.05) is 25.4 Å². The fourth-order valence-electron chi connectivity index (χ4n) is 2.91. The van der Waals surface area contributed by atoms with Crippen LogP contribution in [-0.2, 0) is 4.79 Å². The van der Waals surface area contributed by atoms with Crippen molar-refractivity contribution in [1.29, 1.82) is 0 Å². The molecule has 1 aliphatic rings. The molecule has 0 aliphatic carbocycles. The van der Waals surface area contributed by atoms with Crippen LogP contribution < -0.4 is 4.74 Å². The number of ether oxygens (including phenoxy) is 1. The molecule has 1 saturated heterocycles. The molecular formula is C19H21NO3. The molecule has 2 aromatic carbocycles. The quantitative estimate of drug-likeness (QED) is 0.922. The molecular weight excluding hydrogens is 290 g/mol. The van der Waals surface area contributed by atoms with Gasteiger partial charge < -0.3 is 14.7 Å². The number of hydrogen-bond acceptors (Lipinski definition) is 3. The van der Waals surface area contributed by atoms with Crippen LogP contribution in [0.1, 0.15) is 23.5 Å². The van der Waals surface area contributed by atoms with Crippen LogP contribution in [0.15, 0.2) is 54.6 Å². The van der Waals surface area contributed by atoms with E-state index in [1.165, 1.54) is 0 Å². The van der Waals surface area contributed by atoms with Crippen molar-refractivity contribution < 1.29 is 14.6 Å². The molecule has 1 heterocycles. The van der Waals surface area contributed by atoms with Crippen molar-refractivity contribution in [3.05, 3.63) is 65.7 Å². The summed E-state index contributed by atoms with van der Waals surface area (Å²) in [4.78, 5) is 14.2. The van der Waals surface area contributed by atoms with Crippen LogP contribution in [0.2, 0.25) is 0 Å². The number of aliphatic hydroxyl groups is 1. The van der Waals surface area contributed by atoms with Gasteiger partial charge in [0.15, 0.2) is 0 Å². The van der Waals surface area contributed by atoms with E-state index < -0.39 is 0 Å². The van der Waals surface area contributed by atoms with Gasteiger partial charge in [-0.15, -0.1) is 0 Å². The molecule has 2 aromatic rings. The highest BCUT2D eigenvalue weighted by molar-refractivity contribution is 5.78. The van der Waals surface area contributed by atoms with Gasteiger partial charge in [-0.2, -0.15) is 0 Å². The van der Waals surface area contributed by atoms with Gasteiger partial charge in [0.1, 0.15) is 5.75 Å². The van der Waals surface area contributed by atoms with Gasteiger partial charge in [0.25, 0.3) is 0 Å². The minimum absolute atomic E-state index is 0.00680. The van der Waals surface area contributed by atoms with E-state index in [4.69, 9.17) is 4.74 Å². The van der Waals surface area contributed by atoms with E-state index in [0.29, 0.717) is 19.5 Å². The molecule has 1 fully saturated rings. The number of benzene rings is 2. The number of carbonyl (C=O) groups is 1. The number of aliphatic hydroxyl groups excluding tert-OH is 1. The Balaban J connectivity index is 1.83. The Hall–Kier alpha value is -2.33. The van der Waals surface area contributed by atoms with Crippen molar-refractivity contribution >= 4 is 5.91 Å². The molecule has 4 nitrogen and oxygen atoms in total. The predicted molar refractivity (Wildman–Crippen MR) is 88.5 cm³/mol. The highest BCUT2D eigenvalue weighted by Crippen LogP contribution is 2.30. The first-order chi connectivity index (χ1) is 11.2. The normalized spacial score (nSPS) is 15.8. The number of nitrogens with zero attached hydrogens (tertiary/aromatic N) is 1. The molecule has 1 atom stereocenters. The van der Waals surface area contributed by atoms with Crippen LogP contribution in [0.3, 0.4) is 0 Å². The molecule has 1 N–H and O–H groups in total. The number of methoxy groups -OCH3 is 1. The number of amides is 1. The Labute approximate surface area is 136 Å². The average Bonchev–Trinajstić information content (AvgIpc) is 2.57. The van der Waals surface area contributed by atoms with Gasteiger partial charge in [-0.1, -0.05) is 42.5 Å². The summed E-state index contributed by atoms with van der Waals surface area (Å²) >= 11 is 0. The van der Waals surface area contributed by atoms with Crippen molar-refractivity contribution in [3.63, 3.8) is 0 Å². The monoisotopic (exact) mass is 311 g/mol. The molecule has 1 aliphatic heterocycles. The second kappa shape index (κ2) is 6.84. The standard InChI is InChI=1S/C19H21NO3/c1-23-17-9-7-15(8-10-17)18(14-5-3-2-4-6-14)11-19(22)20-12-16(21)13-20/h2-10,16,18,21H,11-13H2,1H3. The van der Waals surface area contributed by atoms with E-state index in [2.05, 4.69) is 0 Å². The summed E-state index contributed by atoms with van der Waals surface area (Å²) in [5.74, 6) is 0.894. The summed E-state index contributed by atoms with van der Waals surface area (Å²) in [5, 5.41) is 9.39. The molecule has 120 valence electrons. The summed E-state index contributed by atoms with van der Waals surface area (Å²) < 4.78 is 5.21. The van der Waals surface area contributed by atoms with Crippen molar-refractivity contribution in [3.8, 4) is 5.75 Å². The van der Waals surface area contributed by atoms with Crippen molar-refractivity contribution in [2.75, 3.05) is 20.2 Å². The zero-order chi connectivity index (χ0) is 16.2. The maximum Gasteiger partial charge on any atom is 0.223 e. The van der Waals surface area contributed by atoms with E-state index in [0.717, 1.165) is 16.9 Å². The molecule has 0 radical (unpaired) electrons. The second-order valence-electron chi connectivity index (χ2n) is 5.89. The summed E-state index contributed by atoms with van der Waals surface area (Å²) in [6, 6.07) is 17.9. The highest BCUT2D eigenvalue weighted by Gasteiger charge is 2.30. The third kappa shape index (κ3) is 3.54. The van der Waals surface area contributed by atoms with Crippen LogP contribution in [0.4, 0.5) is 0 Å². The minimum atomic E-state index is -0.366. The maximum absolute atomic E-state index is 12.4. The lowest BCUT2D eigenvalue weighted by molar-refractivity contribution is -0.141. The fourth-order valence-corrected chi connectivity index (χ4v) is 2.91. The van der Waals surface area contributed by atoms with Gasteiger partial charge in [0.2, 0.25) is 5.91 Å². The summed E-state index contributed by atoms with van der Waals surface area (Å²) in [5.41, 5.74) is 2.21. The molecule has 0 bridgehead atoms. The molecule has 0 spiro atoms. The number of β-amino-alcohol motifs (C(OH)–C–C–N with tert-alkyl or cyclic N) is 1. The van der Waals surface area contributed by atoms with E-state index >= 15 is 0 Å². The van der Waals surface area contributed by atoms with E-state index in [1.54, 1.807) is 12.0 Å². The Morgan fingerprint density at radius 1 is 1.13 bits per heavy atom. The van der Waals surface area contributed by atoms with Gasteiger partial charge in [-0.05, 0) is 23.3 Å². The predicted octanol–water partition coefficient (Wildman–Crippen LogP) is 2.42. The van der Waals surface area contributed by atoms with E-state index in [9.17, 15) is 9.90 Å².